The van der Waals surface area contributed by atoms with E-state index in [-0.39, 0.29) is 5.54 Å². The fourth-order valence-electron chi connectivity index (χ4n) is 3.34. The first-order chi connectivity index (χ1) is 9.00. The Labute approximate surface area is 116 Å². The summed E-state index contributed by atoms with van der Waals surface area (Å²) in [6.45, 7) is 11.4. The van der Waals surface area contributed by atoms with Crippen LogP contribution in [0.3, 0.4) is 0 Å². The molecule has 1 aliphatic heterocycles. The lowest BCUT2D eigenvalue weighted by molar-refractivity contribution is 0.00881. The molecule has 1 saturated heterocycles. The van der Waals surface area contributed by atoms with Crippen molar-refractivity contribution in [1.82, 2.24) is 20.0 Å². The second kappa shape index (κ2) is 4.60. The van der Waals surface area contributed by atoms with E-state index < -0.39 is 0 Å². The number of hydrogen-bond donors (Lipinski definition) is 1. The third kappa shape index (κ3) is 2.70. The highest BCUT2D eigenvalue weighted by atomic mass is 15.3. The van der Waals surface area contributed by atoms with Crippen molar-refractivity contribution in [3.63, 3.8) is 0 Å². The van der Waals surface area contributed by atoms with Gasteiger partial charge in [0.2, 0.25) is 0 Å². The molecule has 1 aromatic heterocycles. The van der Waals surface area contributed by atoms with Crippen molar-refractivity contribution in [2.45, 2.75) is 51.2 Å². The zero-order valence-electron chi connectivity index (χ0n) is 12.4. The van der Waals surface area contributed by atoms with E-state index in [1.165, 1.54) is 12.8 Å². The molecular weight excluding hydrogens is 236 g/mol. The number of nitrogens with zero attached hydrogens (tertiary/aromatic N) is 3. The standard InChI is InChI=1S/C15H26N4/c1-14(2)12-18(9-10-19-8-4-7-17-19)15(3,11-16-14)13-5-6-13/h4,7-8,13,16H,5-6,9-12H2,1-3H3. The van der Waals surface area contributed by atoms with Crippen LogP contribution < -0.4 is 5.32 Å². The van der Waals surface area contributed by atoms with Crippen molar-refractivity contribution in [1.29, 1.82) is 0 Å². The highest BCUT2D eigenvalue weighted by molar-refractivity contribution is 5.07. The van der Waals surface area contributed by atoms with Crippen LogP contribution in [0.1, 0.15) is 33.6 Å². The van der Waals surface area contributed by atoms with E-state index in [4.69, 9.17) is 0 Å². The van der Waals surface area contributed by atoms with Gasteiger partial charge in [-0.15, -0.1) is 0 Å². The van der Waals surface area contributed by atoms with Gasteiger partial charge in [-0.1, -0.05) is 0 Å². The lowest BCUT2D eigenvalue weighted by Crippen LogP contribution is -2.68. The second-order valence-corrected chi connectivity index (χ2v) is 7.06. The third-order valence-corrected chi connectivity index (χ3v) is 4.85. The molecule has 0 spiro atoms. The van der Waals surface area contributed by atoms with Gasteiger partial charge in [-0.25, -0.2) is 0 Å². The van der Waals surface area contributed by atoms with Gasteiger partial charge in [-0.2, -0.15) is 5.10 Å². The Bertz CT molecular complexity index is 421. The molecule has 106 valence electrons. The summed E-state index contributed by atoms with van der Waals surface area (Å²) >= 11 is 0. The molecule has 1 N–H and O–H groups in total. The Morgan fingerprint density at radius 2 is 2.05 bits per heavy atom. The first kappa shape index (κ1) is 13.1. The lowest BCUT2D eigenvalue weighted by Gasteiger charge is -2.52. The van der Waals surface area contributed by atoms with Crippen LogP contribution in [0, 0.1) is 5.92 Å². The topological polar surface area (TPSA) is 33.1 Å². The van der Waals surface area contributed by atoms with Gasteiger partial charge in [-0.05, 0) is 45.6 Å². The number of hydrogen-bond acceptors (Lipinski definition) is 3. The van der Waals surface area contributed by atoms with E-state index in [0.29, 0.717) is 5.54 Å². The molecule has 2 heterocycles. The molecule has 1 unspecified atom stereocenters. The number of aromatic nitrogens is 2. The van der Waals surface area contributed by atoms with Crippen LogP contribution in [-0.4, -0.2) is 45.4 Å². The number of nitrogens with one attached hydrogen (secondary N) is 1. The summed E-state index contributed by atoms with van der Waals surface area (Å²) in [5.41, 5.74) is 0.557. The highest BCUT2D eigenvalue weighted by Crippen LogP contribution is 2.44. The van der Waals surface area contributed by atoms with Crippen molar-refractivity contribution in [3.8, 4) is 0 Å². The number of piperazine rings is 1. The molecule has 2 aliphatic rings. The number of rotatable bonds is 4. The quantitative estimate of drug-likeness (QED) is 0.897. The van der Waals surface area contributed by atoms with E-state index in [1.807, 2.05) is 16.9 Å². The van der Waals surface area contributed by atoms with E-state index >= 15 is 0 Å². The van der Waals surface area contributed by atoms with Gasteiger partial charge >= 0.3 is 0 Å². The van der Waals surface area contributed by atoms with Gasteiger partial charge in [0.15, 0.2) is 0 Å². The van der Waals surface area contributed by atoms with E-state index in [2.05, 4.69) is 42.3 Å². The first-order valence-electron chi connectivity index (χ1n) is 7.47. The zero-order valence-corrected chi connectivity index (χ0v) is 12.4. The molecule has 4 nitrogen and oxygen atoms in total. The molecule has 0 aromatic carbocycles. The maximum atomic E-state index is 4.32. The summed E-state index contributed by atoms with van der Waals surface area (Å²) in [4.78, 5) is 2.70. The molecule has 3 rings (SSSR count). The van der Waals surface area contributed by atoms with Crippen LogP contribution in [0.25, 0.3) is 0 Å². The SMILES string of the molecule is CC1(C)CN(CCn2cccn2)C(C)(C2CC2)CN1. The van der Waals surface area contributed by atoms with E-state index in [0.717, 1.165) is 32.1 Å². The fourth-order valence-corrected chi connectivity index (χ4v) is 3.34. The van der Waals surface area contributed by atoms with Crippen LogP contribution >= 0.6 is 0 Å². The minimum absolute atomic E-state index is 0.221. The van der Waals surface area contributed by atoms with Gasteiger partial charge < -0.3 is 5.32 Å². The Hall–Kier alpha value is -0.870. The van der Waals surface area contributed by atoms with Crippen molar-refractivity contribution < 1.29 is 0 Å². The molecule has 2 fully saturated rings. The molecule has 1 aliphatic carbocycles. The van der Waals surface area contributed by atoms with Crippen LogP contribution in [0.15, 0.2) is 18.5 Å². The summed E-state index contributed by atoms with van der Waals surface area (Å²) in [5.74, 6) is 0.883. The molecule has 1 aromatic rings. The average Bonchev–Trinajstić information content (AvgIpc) is 3.09. The Morgan fingerprint density at radius 3 is 2.68 bits per heavy atom. The van der Waals surface area contributed by atoms with Gasteiger partial charge in [0.25, 0.3) is 0 Å². The van der Waals surface area contributed by atoms with Crippen molar-refractivity contribution in [3.05, 3.63) is 18.5 Å². The Morgan fingerprint density at radius 1 is 1.26 bits per heavy atom. The maximum Gasteiger partial charge on any atom is 0.0536 e. The third-order valence-electron chi connectivity index (χ3n) is 4.85. The van der Waals surface area contributed by atoms with E-state index in [9.17, 15) is 0 Å². The predicted molar refractivity (Wildman–Crippen MR) is 77.0 cm³/mol. The maximum absolute atomic E-state index is 4.32. The lowest BCUT2D eigenvalue weighted by atomic mass is 9.86. The molecule has 0 radical (unpaired) electrons. The van der Waals surface area contributed by atoms with E-state index in [1.54, 1.807) is 0 Å². The average molecular weight is 262 g/mol. The summed E-state index contributed by atoms with van der Waals surface area (Å²) in [6.07, 6.45) is 6.72. The highest BCUT2D eigenvalue weighted by Gasteiger charge is 2.49. The fraction of sp³-hybridized carbons (Fsp3) is 0.800. The van der Waals surface area contributed by atoms with Gasteiger partial charge in [-0.3, -0.25) is 9.58 Å². The molecule has 0 bridgehead atoms. The second-order valence-electron chi connectivity index (χ2n) is 7.06. The largest absolute Gasteiger partial charge is 0.309 e. The first-order valence-corrected chi connectivity index (χ1v) is 7.47. The van der Waals surface area contributed by atoms with Crippen molar-refractivity contribution >= 4 is 0 Å². The molecule has 4 heteroatoms. The minimum Gasteiger partial charge on any atom is -0.309 e. The van der Waals surface area contributed by atoms with Gasteiger partial charge in [0.05, 0.1) is 6.54 Å². The summed E-state index contributed by atoms with van der Waals surface area (Å²) in [6, 6.07) is 2.00. The Kier molecular flexibility index (Phi) is 3.18. The molecule has 1 atom stereocenters. The van der Waals surface area contributed by atoms with Crippen molar-refractivity contribution in [2.24, 2.45) is 5.92 Å². The van der Waals surface area contributed by atoms with Crippen LogP contribution in [0.2, 0.25) is 0 Å². The molecule has 0 amide bonds. The van der Waals surface area contributed by atoms with Crippen LogP contribution in [0.5, 0.6) is 0 Å². The predicted octanol–water partition coefficient (Wildman–Crippen LogP) is 1.74. The molecular formula is C15H26N4. The van der Waals surface area contributed by atoms with Gasteiger partial charge in [0.1, 0.15) is 0 Å². The normalized spacial score (nSPS) is 31.5. The Balaban J connectivity index is 1.70. The zero-order chi connectivity index (χ0) is 13.5. The molecule has 1 saturated carbocycles. The van der Waals surface area contributed by atoms with Crippen LogP contribution in [0.4, 0.5) is 0 Å². The summed E-state index contributed by atoms with van der Waals surface area (Å²) in [5, 5.41) is 8.05. The van der Waals surface area contributed by atoms with Gasteiger partial charge in [0, 0.05) is 43.1 Å². The summed E-state index contributed by atoms with van der Waals surface area (Å²) < 4.78 is 2.04. The molecule has 19 heavy (non-hydrogen) atoms. The summed E-state index contributed by atoms with van der Waals surface area (Å²) in [7, 11) is 0. The van der Waals surface area contributed by atoms with Crippen molar-refractivity contribution in [2.75, 3.05) is 19.6 Å². The minimum atomic E-state index is 0.221. The van der Waals surface area contributed by atoms with Crippen LogP contribution in [-0.2, 0) is 6.54 Å². The monoisotopic (exact) mass is 262 g/mol. The smallest absolute Gasteiger partial charge is 0.0536 e.